The van der Waals surface area contributed by atoms with Gasteiger partial charge in [0.25, 0.3) is 0 Å². The van der Waals surface area contributed by atoms with Crippen LogP contribution in [0.3, 0.4) is 0 Å². The lowest BCUT2D eigenvalue weighted by molar-refractivity contribution is -0.117. The van der Waals surface area contributed by atoms with Crippen molar-refractivity contribution in [3.63, 3.8) is 0 Å². The van der Waals surface area contributed by atoms with Crippen LogP contribution in [0.4, 0.5) is 5.69 Å². The van der Waals surface area contributed by atoms with Gasteiger partial charge in [-0.05, 0) is 49.9 Å². The van der Waals surface area contributed by atoms with Gasteiger partial charge in [-0.2, -0.15) is 0 Å². The number of carbonyl (C=O) groups is 1. The van der Waals surface area contributed by atoms with Crippen LogP contribution in [-0.4, -0.2) is 66.9 Å². The number of para-hydroxylation sites is 3. The number of likely N-dealkylation sites (tertiary alicyclic amines) is 1. The Hall–Kier alpha value is -2.61. The summed E-state index contributed by atoms with van der Waals surface area (Å²) in [5.41, 5.74) is 3.07. The lowest BCUT2D eigenvalue weighted by Crippen LogP contribution is -2.50. The zero-order chi connectivity index (χ0) is 22.5. The van der Waals surface area contributed by atoms with E-state index in [2.05, 4.69) is 15.5 Å². The zero-order valence-electron chi connectivity index (χ0n) is 18.8. The van der Waals surface area contributed by atoms with Crippen molar-refractivity contribution in [2.45, 2.75) is 44.9 Å². The van der Waals surface area contributed by atoms with E-state index in [4.69, 9.17) is 9.47 Å². The van der Waals surface area contributed by atoms with Crippen LogP contribution in [0, 0.1) is 13.8 Å². The third-order valence-corrected chi connectivity index (χ3v) is 6.28. The van der Waals surface area contributed by atoms with Crippen molar-refractivity contribution in [1.82, 2.24) is 10.2 Å². The van der Waals surface area contributed by atoms with Gasteiger partial charge >= 0.3 is 0 Å². The second-order valence-electron chi connectivity index (χ2n) is 8.76. The number of aryl methyl sites for hydroxylation is 2. The largest absolute Gasteiger partial charge is 0.486 e. The van der Waals surface area contributed by atoms with E-state index in [1.54, 1.807) is 0 Å². The first-order valence-electron chi connectivity index (χ1n) is 11.4. The van der Waals surface area contributed by atoms with Gasteiger partial charge in [-0.25, -0.2) is 0 Å². The van der Waals surface area contributed by atoms with Crippen LogP contribution in [0.2, 0.25) is 0 Å². The van der Waals surface area contributed by atoms with Crippen LogP contribution < -0.4 is 20.1 Å². The smallest absolute Gasteiger partial charge is 0.238 e. The average molecular weight is 440 g/mol. The highest BCUT2D eigenvalue weighted by atomic mass is 16.6. The number of aliphatic hydroxyl groups is 1. The first-order valence-corrected chi connectivity index (χ1v) is 11.4. The van der Waals surface area contributed by atoms with Crippen molar-refractivity contribution in [3.05, 3.63) is 53.6 Å². The Balaban J connectivity index is 1.17. The molecule has 172 valence electrons. The second kappa shape index (κ2) is 10.3. The van der Waals surface area contributed by atoms with Gasteiger partial charge in [0.15, 0.2) is 17.6 Å². The summed E-state index contributed by atoms with van der Waals surface area (Å²) in [6.45, 7) is 6.92. The summed E-state index contributed by atoms with van der Waals surface area (Å²) in [6.07, 6.45) is 0.846. The Bertz CT molecular complexity index is 907. The fraction of sp³-hybridized carbons (Fsp3) is 0.480. The molecule has 2 unspecified atom stereocenters. The molecule has 1 fully saturated rings. The SMILES string of the molecule is Cc1cccc(C)c1NC(=O)CN1CCC(NCC(O)C2COc3ccccc3O2)CC1. The molecule has 2 aromatic carbocycles. The Morgan fingerprint density at radius 3 is 2.50 bits per heavy atom. The highest BCUT2D eigenvalue weighted by Gasteiger charge is 2.28. The summed E-state index contributed by atoms with van der Waals surface area (Å²) in [7, 11) is 0. The number of hydrogen-bond acceptors (Lipinski definition) is 6. The van der Waals surface area contributed by atoms with Crippen LogP contribution in [0.5, 0.6) is 11.5 Å². The number of amides is 1. The van der Waals surface area contributed by atoms with Crippen molar-refractivity contribution < 1.29 is 19.4 Å². The van der Waals surface area contributed by atoms with E-state index in [0.717, 1.165) is 48.5 Å². The van der Waals surface area contributed by atoms with Crippen molar-refractivity contribution in [2.24, 2.45) is 0 Å². The number of anilines is 1. The molecule has 4 rings (SSSR count). The quantitative estimate of drug-likeness (QED) is 0.615. The fourth-order valence-electron chi connectivity index (χ4n) is 4.33. The molecule has 0 radical (unpaired) electrons. The first kappa shape index (κ1) is 22.6. The lowest BCUT2D eigenvalue weighted by Gasteiger charge is -2.34. The summed E-state index contributed by atoms with van der Waals surface area (Å²) in [5, 5.41) is 17.1. The monoisotopic (exact) mass is 439 g/mol. The summed E-state index contributed by atoms with van der Waals surface area (Å²) in [5.74, 6) is 1.42. The van der Waals surface area contributed by atoms with Crippen LogP contribution in [0.25, 0.3) is 0 Å². The normalized spacial score (nSPS) is 20.0. The summed E-state index contributed by atoms with van der Waals surface area (Å²) in [4.78, 5) is 14.7. The average Bonchev–Trinajstić information content (AvgIpc) is 2.80. The number of fused-ring (bicyclic) bond motifs is 1. The number of piperidine rings is 1. The number of nitrogens with zero attached hydrogens (tertiary/aromatic N) is 1. The van der Waals surface area contributed by atoms with Crippen LogP contribution in [0.1, 0.15) is 24.0 Å². The second-order valence-corrected chi connectivity index (χ2v) is 8.76. The minimum Gasteiger partial charge on any atom is -0.486 e. The maximum absolute atomic E-state index is 12.5. The molecular weight excluding hydrogens is 406 g/mol. The maximum Gasteiger partial charge on any atom is 0.238 e. The first-order chi connectivity index (χ1) is 15.5. The van der Waals surface area contributed by atoms with E-state index in [1.165, 1.54) is 0 Å². The van der Waals surface area contributed by atoms with Gasteiger partial charge in [-0.1, -0.05) is 30.3 Å². The van der Waals surface area contributed by atoms with Crippen molar-refractivity contribution >= 4 is 11.6 Å². The molecule has 7 nitrogen and oxygen atoms in total. The van der Waals surface area contributed by atoms with Gasteiger partial charge in [0.1, 0.15) is 12.7 Å². The number of carbonyl (C=O) groups excluding carboxylic acids is 1. The minimum atomic E-state index is -0.649. The molecule has 0 bridgehead atoms. The standard InChI is InChI=1S/C25H33N3O4/c1-17-6-5-7-18(2)25(17)27-24(30)15-28-12-10-19(11-13-28)26-14-20(29)23-16-31-21-8-3-4-9-22(21)32-23/h3-9,19-20,23,26,29H,10-16H2,1-2H3,(H,27,30). The molecule has 1 amide bonds. The molecule has 2 aromatic rings. The zero-order valence-corrected chi connectivity index (χ0v) is 18.8. The molecule has 0 saturated carbocycles. The number of nitrogens with one attached hydrogen (secondary N) is 2. The lowest BCUT2D eigenvalue weighted by atomic mass is 10.0. The van der Waals surface area contributed by atoms with E-state index in [1.807, 2.05) is 56.3 Å². The Morgan fingerprint density at radius 2 is 1.78 bits per heavy atom. The van der Waals surface area contributed by atoms with Gasteiger partial charge in [-0.3, -0.25) is 9.69 Å². The maximum atomic E-state index is 12.5. The van der Waals surface area contributed by atoms with Gasteiger partial charge in [0.05, 0.1) is 6.54 Å². The number of rotatable bonds is 7. The summed E-state index contributed by atoms with van der Waals surface area (Å²) < 4.78 is 11.6. The molecule has 7 heteroatoms. The molecule has 0 aliphatic carbocycles. The van der Waals surface area contributed by atoms with E-state index in [9.17, 15) is 9.90 Å². The number of ether oxygens (including phenoxy) is 2. The molecule has 1 saturated heterocycles. The number of aliphatic hydroxyl groups excluding tert-OH is 1. The highest BCUT2D eigenvalue weighted by molar-refractivity contribution is 5.93. The summed E-state index contributed by atoms with van der Waals surface area (Å²) >= 11 is 0. The molecule has 3 N–H and O–H groups in total. The third-order valence-electron chi connectivity index (χ3n) is 6.28. The van der Waals surface area contributed by atoms with E-state index >= 15 is 0 Å². The van der Waals surface area contributed by atoms with Crippen molar-refractivity contribution in [1.29, 1.82) is 0 Å². The number of hydrogen-bond donors (Lipinski definition) is 3. The minimum absolute atomic E-state index is 0.0268. The molecule has 2 aliphatic rings. The molecule has 2 heterocycles. The van der Waals surface area contributed by atoms with Gasteiger partial charge < -0.3 is 25.2 Å². The van der Waals surface area contributed by atoms with Crippen molar-refractivity contribution in [3.8, 4) is 11.5 Å². The Labute approximate surface area is 189 Å². The highest BCUT2D eigenvalue weighted by Crippen LogP contribution is 2.31. The van der Waals surface area contributed by atoms with Gasteiger partial charge in [0.2, 0.25) is 5.91 Å². The Morgan fingerprint density at radius 1 is 1.09 bits per heavy atom. The number of benzene rings is 2. The molecule has 32 heavy (non-hydrogen) atoms. The fourth-order valence-corrected chi connectivity index (χ4v) is 4.33. The molecule has 2 atom stereocenters. The van der Waals surface area contributed by atoms with Crippen molar-refractivity contribution in [2.75, 3.05) is 38.1 Å². The third kappa shape index (κ3) is 5.59. The predicted molar refractivity (Wildman–Crippen MR) is 124 cm³/mol. The van der Waals surface area contributed by atoms with Crippen LogP contribution in [0.15, 0.2) is 42.5 Å². The Kier molecular flexibility index (Phi) is 7.29. The molecule has 0 aromatic heterocycles. The molecular formula is C25H33N3O4. The van der Waals surface area contributed by atoms with E-state index in [-0.39, 0.29) is 12.0 Å². The van der Waals surface area contributed by atoms with Gasteiger partial charge in [-0.15, -0.1) is 0 Å². The van der Waals surface area contributed by atoms with Crippen LogP contribution >= 0.6 is 0 Å². The molecule has 0 spiro atoms. The molecule has 2 aliphatic heterocycles. The van der Waals surface area contributed by atoms with Crippen LogP contribution in [-0.2, 0) is 4.79 Å². The van der Waals surface area contributed by atoms with E-state index in [0.29, 0.717) is 31.5 Å². The van der Waals surface area contributed by atoms with Gasteiger partial charge in [0, 0.05) is 31.4 Å². The topological polar surface area (TPSA) is 83.1 Å². The summed E-state index contributed by atoms with van der Waals surface area (Å²) in [6, 6.07) is 13.9. The van der Waals surface area contributed by atoms with E-state index < -0.39 is 6.10 Å². The predicted octanol–water partition coefficient (Wildman–Crippen LogP) is 2.50.